The van der Waals surface area contributed by atoms with Crippen LogP contribution in [-0.2, 0) is 7.05 Å². The van der Waals surface area contributed by atoms with Crippen LogP contribution in [0.3, 0.4) is 0 Å². The summed E-state index contributed by atoms with van der Waals surface area (Å²) >= 11 is 0. The highest BCUT2D eigenvalue weighted by molar-refractivity contribution is 5.10. The van der Waals surface area contributed by atoms with Gasteiger partial charge in [-0.2, -0.15) is 5.10 Å². The second-order valence-electron chi connectivity index (χ2n) is 6.46. The summed E-state index contributed by atoms with van der Waals surface area (Å²) in [6, 6.07) is 0.424. The maximum Gasteiger partial charge on any atom is 0.0537 e. The zero-order chi connectivity index (χ0) is 13.8. The smallest absolute Gasteiger partial charge is 0.0537 e. The Bertz CT molecular complexity index is 349. The maximum absolute atomic E-state index is 4.29. The van der Waals surface area contributed by atoms with E-state index < -0.39 is 0 Å². The lowest BCUT2D eigenvalue weighted by atomic mass is 9.78. The van der Waals surface area contributed by atoms with E-state index in [0.717, 1.165) is 13.0 Å². The van der Waals surface area contributed by atoms with Gasteiger partial charge in [0.1, 0.15) is 0 Å². The average molecular weight is 251 g/mol. The first-order chi connectivity index (χ1) is 8.34. The molecule has 0 spiro atoms. The molecule has 0 saturated heterocycles. The average Bonchev–Trinajstić information content (AvgIpc) is 2.69. The van der Waals surface area contributed by atoms with Gasteiger partial charge in [0, 0.05) is 24.8 Å². The van der Waals surface area contributed by atoms with Crippen LogP contribution < -0.4 is 5.32 Å². The number of aryl methyl sites for hydroxylation is 1. The molecular weight excluding hydrogens is 222 g/mol. The fourth-order valence-corrected chi connectivity index (χ4v) is 1.98. The van der Waals surface area contributed by atoms with Crippen molar-refractivity contribution in [3.05, 3.63) is 18.0 Å². The van der Waals surface area contributed by atoms with E-state index in [9.17, 15) is 0 Å². The van der Waals surface area contributed by atoms with Crippen LogP contribution in [0.5, 0.6) is 0 Å². The molecule has 1 aromatic rings. The summed E-state index contributed by atoms with van der Waals surface area (Å²) in [5.74, 6) is 0.673. The third-order valence-electron chi connectivity index (χ3n) is 3.84. The molecule has 3 heteroatoms. The van der Waals surface area contributed by atoms with E-state index in [1.807, 2.05) is 17.9 Å². The molecule has 0 radical (unpaired) electrons. The largest absolute Gasteiger partial charge is 0.310 e. The molecule has 2 unspecified atom stereocenters. The Morgan fingerprint density at radius 1 is 1.39 bits per heavy atom. The monoisotopic (exact) mass is 251 g/mol. The number of hydrogen-bond acceptors (Lipinski definition) is 2. The van der Waals surface area contributed by atoms with E-state index in [1.54, 1.807) is 0 Å². The lowest BCUT2D eigenvalue weighted by Crippen LogP contribution is -2.28. The van der Waals surface area contributed by atoms with Crippen molar-refractivity contribution in [2.45, 2.75) is 53.5 Å². The van der Waals surface area contributed by atoms with Gasteiger partial charge in [-0.3, -0.25) is 4.68 Å². The molecule has 0 aliphatic carbocycles. The Balaban J connectivity index is 2.73. The van der Waals surface area contributed by atoms with Gasteiger partial charge in [-0.15, -0.1) is 0 Å². The molecule has 0 aliphatic heterocycles. The van der Waals surface area contributed by atoms with Gasteiger partial charge in [-0.1, -0.05) is 34.6 Å². The summed E-state index contributed by atoms with van der Waals surface area (Å²) in [5, 5.41) is 7.94. The predicted octanol–water partition coefficient (Wildman–Crippen LogP) is 3.53. The first-order valence-electron chi connectivity index (χ1n) is 7.06. The maximum atomic E-state index is 4.29. The Hall–Kier alpha value is -0.830. The summed E-state index contributed by atoms with van der Waals surface area (Å²) in [7, 11) is 1.98. The van der Waals surface area contributed by atoms with Crippen molar-refractivity contribution in [3.8, 4) is 0 Å². The van der Waals surface area contributed by atoms with E-state index in [4.69, 9.17) is 0 Å². The summed E-state index contributed by atoms with van der Waals surface area (Å²) in [6.45, 7) is 12.6. The topological polar surface area (TPSA) is 29.9 Å². The van der Waals surface area contributed by atoms with E-state index >= 15 is 0 Å². The van der Waals surface area contributed by atoms with Crippen LogP contribution in [0.15, 0.2) is 12.4 Å². The predicted molar refractivity (Wildman–Crippen MR) is 77.5 cm³/mol. The fraction of sp³-hybridized carbons (Fsp3) is 0.800. The number of hydrogen-bond donors (Lipinski definition) is 1. The molecular formula is C15H29N3. The van der Waals surface area contributed by atoms with Gasteiger partial charge in [-0.25, -0.2) is 0 Å². The molecule has 1 aromatic heterocycles. The second kappa shape index (κ2) is 6.37. The Labute approximate surface area is 112 Å². The quantitative estimate of drug-likeness (QED) is 0.838. The minimum absolute atomic E-state index is 0.356. The van der Waals surface area contributed by atoms with Gasteiger partial charge in [-0.05, 0) is 30.7 Å². The summed E-state index contributed by atoms with van der Waals surface area (Å²) in [6.07, 6.45) is 6.45. The van der Waals surface area contributed by atoms with Crippen LogP contribution in [-0.4, -0.2) is 16.3 Å². The first-order valence-corrected chi connectivity index (χ1v) is 7.06. The highest BCUT2D eigenvalue weighted by Gasteiger charge is 2.24. The van der Waals surface area contributed by atoms with Gasteiger partial charge in [0.15, 0.2) is 0 Å². The van der Waals surface area contributed by atoms with Crippen molar-refractivity contribution >= 4 is 0 Å². The highest BCUT2D eigenvalue weighted by atomic mass is 15.2. The number of rotatable bonds is 6. The van der Waals surface area contributed by atoms with Crippen molar-refractivity contribution in [1.82, 2.24) is 15.1 Å². The van der Waals surface area contributed by atoms with Gasteiger partial charge < -0.3 is 5.32 Å². The molecule has 2 atom stereocenters. The van der Waals surface area contributed by atoms with Gasteiger partial charge in [0.25, 0.3) is 0 Å². The molecule has 0 fully saturated rings. The number of nitrogens with zero attached hydrogens (tertiary/aromatic N) is 2. The molecule has 0 aliphatic rings. The Kier molecular flexibility index (Phi) is 5.39. The van der Waals surface area contributed by atoms with E-state index in [0.29, 0.717) is 17.4 Å². The van der Waals surface area contributed by atoms with Crippen LogP contribution in [0.1, 0.15) is 59.1 Å². The third-order valence-corrected chi connectivity index (χ3v) is 3.84. The normalized spacial score (nSPS) is 15.7. The molecule has 1 N–H and O–H groups in total. The van der Waals surface area contributed by atoms with Crippen molar-refractivity contribution < 1.29 is 0 Å². The third kappa shape index (κ3) is 4.45. The molecule has 0 aromatic carbocycles. The van der Waals surface area contributed by atoms with E-state index in [2.05, 4.69) is 51.2 Å². The highest BCUT2D eigenvalue weighted by Crippen LogP contribution is 2.33. The SMILES string of the molecule is CCCNC(CC(C)C(C)(C)C)c1cnn(C)c1. The standard InChI is InChI=1S/C15H29N3/c1-7-8-16-14(9-12(2)15(3,4)5)13-10-17-18(6)11-13/h10-12,14,16H,7-9H2,1-6H3. The Morgan fingerprint density at radius 2 is 2.06 bits per heavy atom. The molecule has 0 amide bonds. The zero-order valence-electron chi connectivity index (χ0n) is 12.8. The summed E-state index contributed by atoms with van der Waals surface area (Å²) in [5.41, 5.74) is 1.66. The van der Waals surface area contributed by atoms with Crippen LogP contribution >= 0.6 is 0 Å². The molecule has 0 bridgehead atoms. The number of nitrogens with one attached hydrogen (secondary N) is 1. The zero-order valence-corrected chi connectivity index (χ0v) is 12.8. The van der Waals surface area contributed by atoms with E-state index in [1.165, 1.54) is 12.0 Å². The summed E-state index contributed by atoms with van der Waals surface area (Å²) < 4.78 is 1.89. The molecule has 3 nitrogen and oxygen atoms in total. The number of aromatic nitrogens is 2. The van der Waals surface area contributed by atoms with Crippen LogP contribution in [0.4, 0.5) is 0 Å². The minimum atomic E-state index is 0.356. The van der Waals surface area contributed by atoms with Gasteiger partial charge in [0.05, 0.1) is 6.20 Å². The molecule has 104 valence electrons. The van der Waals surface area contributed by atoms with Crippen molar-refractivity contribution in [2.24, 2.45) is 18.4 Å². The van der Waals surface area contributed by atoms with E-state index in [-0.39, 0.29) is 0 Å². The Morgan fingerprint density at radius 3 is 2.50 bits per heavy atom. The lowest BCUT2D eigenvalue weighted by molar-refractivity contribution is 0.223. The van der Waals surface area contributed by atoms with Gasteiger partial charge >= 0.3 is 0 Å². The van der Waals surface area contributed by atoms with Crippen molar-refractivity contribution in [1.29, 1.82) is 0 Å². The fourth-order valence-electron chi connectivity index (χ4n) is 1.98. The van der Waals surface area contributed by atoms with Crippen LogP contribution in [0, 0.1) is 11.3 Å². The molecule has 0 saturated carbocycles. The van der Waals surface area contributed by atoms with Crippen LogP contribution in [0.25, 0.3) is 0 Å². The van der Waals surface area contributed by atoms with Gasteiger partial charge in [0.2, 0.25) is 0 Å². The molecule has 1 heterocycles. The lowest BCUT2D eigenvalue weighted by Gasteiger charge is -2.31. The van der Waals surface area contributed by atoms with Crippen molar-refractivity contribution in [2.75, 3.05) is 6.54 Å². The molecule has 1 rings (SSSR count). The summed E-state index contributed by atoms with van der Waals surface area (Å²) in [4.78, 5) is 0. The minimum Gasteiger partial charge on any atom is -0.310 e. The first kappa shape index (κ1) is 15.2. The molecule has 18 heavy (non-hydrogen) atoms. The van der Waals surface area contributed by atoms with Crippen molar-refractivity contribution in [3.63, 3.8) is 0 Å². The van der Waals surface area contributed by atoms with Crippen LogP contribution in [0.2, 0.25) is 0 Å². The second-order valence-corrected chi connectivity index (χ2v) is 6.46.